The molecule has 3 N–H and O–H groups in total. The molecule has 7 rings (SSSR count). The molecule has 3 aromatic carbocycles. The summed E-state index contributed by atoms with van der Waals surface area (Å²) >= 11 is 0. The molecule has 58 heavy (non-hydrogen) atoms. The van der Waals surface area contributed by atoms with Gasteiger partial charge in [0.15, 0.2) is 0 Å². The van der Waals surface area contributed by atoms with Gasteiger partial charge < -0.3 is 39.5 Å². The van der Waals surface area contributed by atoms with Crippen LogP contribution in [-0.2, 0) is 26.1 Å². The molecule has 0 radical (unpaired) electrons. The molecule has 0 bridgehead atoms. The van der Waals surface area contributed by atoms with E-state index < -0.39 is 24.3 Å². The van der Waals surface area contributed by atoms with Gasteiger partial charge in [-0.1, -0.05) is 71.0 Å². The summed E-state index contributed by atoms with van der Waals surface area (Å²) < 4.78 is 11.7. The Morgan fingerprint density at radius 1 is 0.741 bits per heavy atom. The van der Waals surface area contributed by atoms with Crippen molar-refractivity contribution in [2.75, 3.05) is 27.3 Å². The summed E-state index contributed by atoms with van der Waals surface area (Å²) in [5.74, 6) is 1.33. The van der Waals surface area contributed by atoms with Crippen molar-refractivity contribution in [3.8, 4) is 22.3 Å². The van der Waals surface area contributed by atoms with Gasteiger partial charge in [-0.15, -0.1) is 0 Å². The Hall–Kier alpha value is -5.92. The molecule has 5 atom stereocenters. The number of imidazole rings is 2. The first-order chi connectivity index (χ1) is 27.8. The SMILES string of the molecule is COC(=O)N[C@H](C(=O)N1C[C@@H](C)C[C@H]1c1nc2ccc(-c3ccc(-c4ccc5nc([C@@H]6CCCN6C(=O)[C@@H](NC(=O)OC)C(C)C)n(C)c5c4)cc3)cc2[nH]1)C(C)C. The second kappa shape index (κ2) is 16.5. The molecule has 14 nitrogen and oxygen atoms in total. The fourth-order valence-corrected chi connectivity index (χ4v) is 8.51. The van der Waals surface area contributed by atoms with Gasteiger partial charge in [-0.05, 0) is 83.5 Å². The Morgan fingerprint density at radius 2 is 1.29 bits per heavy atom. The molecule has 4 heterocycles. The maximum Gasteiger partial charge on any atom is 0.407 e. The van der Waals surface area contributed by atoms with E-state index in [0.717, 1.165) is 75.2 Å². The summed E-state index contributed by atoms with van der Waals surface area (Å²) in [6, 6.07) is 19.0. The number of likely N-dealkylation sites (tertiary alicyclic amines) is 2. The number of H-pyrrole nitrogens is 1. The number of nitrogens with zero attached hydrogens (tertiary/aromatic N) is 5. The number of aromatic amines is 1. The molecular formula is C44H54N8O6. The monoisotopic (exact) mass is 790 g/mol. The molecular weight excluding hydrogens is 737 g/mol. The van der Waals surface area contributed by atoms with Crippen LogP contribution < -0.4 is 10.6 Å². The number of aryl methyl sites for hydroxylation is 1. The number of fused-ring (bicyclic) bond motifs is 2. The van der Waals surface area contributed by atoms with E-state index in [1.807, 2.05) is 56.7 Å². The summed E-state index contributed by atoms with van der Waals surface area (Å²) in [6.45, 7) is 10.9. The second-order valence-electron chi connectivity index (χ2n) is 16.4. The van der Waals surface area contributed by atoms with Gasteiger partial charge in [-0.3, -0.25) is 9.59 Å². The molecule has 306 valence electrons. The third kappa shape index (κ3) is 7.84. The molecule has 0 spiro atoms. The molecule has 4 amide bonds. The number of rotatable bonds is 10. The van der Waals surface area contributed by atoms with Crippen molar-refractivity contribution in [3.63, 3.8) is 0 Å². The van der Waals surface area contributed by atoms with Gasteiger partial charge in [0, 0.05) is 20.1 Å². The maximum atomic E-state index is 13.8. The van der Waals surface area contributed by atoms with E-state index in [0.29, 0.717) is 13.1 Å². The van der Waals surface area contributed by atoms with E-state index in [4.69, 9.17) is 19.4 Å². The molecule has 2 aromatic heterocycles. The number of hydrogen-bond donors (Lipinski definition) is 3. The highest BCUT2D eigenvalue weighted by Gasteiger charge is 2.41. The minimum absolute atomic E-state index is 0.109. The summed E-state index contributed by atoms with van der Waals surface area (Å²) in [5.41, 5.74) is 7.74. The minimum atomic E-state index is -0.704. The Kier molecular flexibility index (Phi) is 11.5. The van der Waals surface area contributed by atoms with E-state index in [1.54, 1.807) is 0 Å². The Labute approximate surface area is 338 Å². The van der Waals surface area contributed by atoms with E-state index in [1.165, 1.54) is 14.2 Å². The Bertz CT molecular complexity index is 2330. The lowest BCUT2D eigenvalue weighted by Crippen LogP contribution is -2.51. The van der Waals surface area contributed by atoms with Gasteiger partial charge in [0.25, 0.3) is 0 Å². The van der Waals surface area contributed by atoms with Crippen LogP contribution in [0.5, 0.6) is 0 Å². The van der Waals surface area contributed by atoms with Gasteiger partial charge in [0.05, 0.1) is 48.4 Å². The molecule has 2 aliphatic heterocycles. The number of benzene rings is 3. The van der Waals surface area contributed by atoms with Crippen LogP contribution in [0.1, 0.15) is 77.6 Å². The van der Waals surface area contributed by atoms with Crippen LogP contribution in [0.15, 0.2) is 60.7 Å². The number of amides is 4. The third-order valence-corrected chi connectivity index (χ3v) is 11.7. The van der Waals surface area contributed by atoms with E-state index in [2.05, 4.69) is 75.6 Å². The molecule has 5 aromatic rings. The smallest absolute Gasteiger partial charge is 0.407 e. The normalized spacial score (nSPS) is 19.2. The number of alkyl carbamates (subject to hydrolysis) is 2. The lowest BCUT2D eigenvalue weighted by molar-refractivity contribution is -0.136. The zero-order valence-electron chi connectivity index (χ0n) is 34.5. The van der Waals surface area contributed by atoms with Crippen LogP contribution in [0.3, 0.4) is 0 Å². The second-order valence-corrected chi connectivity index (χ2v) is 16.4. The lowest BCUT2D eigenvalue weighted by atomic mass is 10.00. The highest BCUT2D eigenvalue weighted by Crippen LogP contribution is 2.38. The number of ether oxygens (including phenoxy) is 2. The number of aromatic nitrogens is 4. The molecule has 0 saturated carbocycles. The van der Waals surface area contributed by atoms with Gasteiger partial charge in [0.2, 0.25) is 11.8 Å². The maximum absolute atomic E-state index is 13.8. The van der Waals surface area contributed by atoms with Gasteiger partial charge >= 0.3 is 12.2 Å². The lowest BCUT2D eigenvalue weighted by Gasteiger charge is -2.30. The number of hydrogen-bond acceptors (Lipinski definition) is 8. The average Bonchev–Trinajstić information content (AvgIpc) is 4.02. The predicted molar refractivity (Wildman–Crippen MR) is 221 cm³/mol. The van der Waals surface area contributed by atoms with Gasteiger partial charge in [-0.2, -0.15) is 0 Å². The van der Waals surface area contributed by atoms with Crippen molar-refractivity contribution >= 4 is 46.1 Å². The molecule has 2 aliphatic rings. The van der Waals surface area contributed by atoms with Crippen molar-refractivity contribution < 1.29 is 28.7 Å². The molecule has 14 heteroatoms. The van der Waals surface area contributed by atoms with Crippen LogP contribution in [0, 0.1) is 17.8 Å². The first-order valence-electron chi connectivity index (χ1n) is 20.1. The zero-order chi connectivity index (χ0) is 41.4. The number of carbonyl (C=O) groups excluding carboxylic acids is 4. The number of methoxy groups -OCH3 is 2. The van der Waals surface area contributed by atoms with Crippen molar-refractivity contribution in [1.82, 2.24) is 40.0 Å². The largest absolute Gasteiger partial charge is 0.453 e. The van der Waals surface area contributed by atoms with Crippen LogP contribution in [0.2, 0.25) is 0 Å². The summed E-state index contributed by atoms with van der Waals surface area (Å²) in [7, 11) is 4.59. The highest BCUT2D eigenvalue weighted by atomic mass is 16.5. The predicted octanol–water partition coefficient (Wildman–Crippen LogP) is 7.12. The first-order valence-corrected chi connectivity index (χ1v) is 20.1. The standard InChI is InChI=1S/C44H54N8O6/c1-24(2)37(48-43(55)57-7)41(53)51-19-9-10-34(51)40-47-32-18-16-30(22-35(32)50(40)6)28-13-11-27(12-14-28)29-15-17-31-33(21-29)46-39(45-31)36-20-26(5)23-52(36)42(54)38(25(3)4)49-44(56)58-8/h11-18,21-22,24-26,34,36-38H,9-10,19-20,23H2,1-8H3,(H,45,46)(H,48,55)(H,49,56)/t26-,34-,36-,37-,38-/m0/s1. The summed E-state index contributed by atoms with van der Waals surface area (Å²) in [4.78, 5) is 68.8. The highest BCUT2D eigenvalue weighted by molar-refractivity contribution is 5.89. The number of nitrogens with one attached hydrogen (secondary N) is 3. The fraction of sp³-hybridized carbons (Fsp3) is 0.455. The van der Waals surface area contributed by atoms with Gasteiger partial charge in [-0.25, -0.2) is 19.6 Å². The zero-order valence-corrected chi connectivity index (χ0v) is 34.5. The molecule has 2 fully saturated rings. The van der Waals surface area contributed by atoms with E-state index in [-0.39, 0.29) is 41.7 Å². The summed E-state index contributed by atoms with van der Waals surface area (Å²) in [6.07, 6.45) is 1.16. The quantitative estimate of drug-likeness (QED) is 0.135. The van der Waals surface area contributed by atoms with Crippen molar-refractivity contribution in [2.45, 2.75) is 78.0 Å². The molecule has 2 saturated heterocycles. The van der Waals surface area contributed by atoms with E-state index in [9.17, 15) is 19.2 Å². The van der Waals surface area contributed by atoms with Gasteiger partial charge in [0.1, 0.15) is 23.7 Å². The Balaban J connectivity index is 1.09. The third-order valence-electron chi connectivity index (χ3n) is 11.7. The fourth-order valence-electron chi connectivity index (χ4n) is 8.51. The van der Waals surface area contributed by atoms with Crippen LogP contribution in [0.25, 0.3) is 44.3 Å². The van der Waals surface area contributed by atoms with Crippen molar-refractivity contribution in [1.29, 1.82) is 0 Å². The minimum Gasteiger partial charge on any atom is -0.453 e. The number of carbonyl (C=O) groups is 4. The molecule has 0 unspecified atom stereocenters. The first kappa shape index (κ1) is 40.3. The van der Waals surface area contributed by atoms with Crippen molar-refractivity contribution in [3.05, 3.63) is 72.3 Å². The topological polar surface area (TPSA) is 164 Å². The van der Waals surface area contributed by atoms with Crippen LogP contribution >= 0.6 is 0 Å². The average molecular weight is 791 g/mol. The Morgan fingerprint density at radius 3 is 1.88 bits per heavy atom. The summed E-state index contributed by atoms with van der Waals surface area (Å²) in [5, 5.41) is 5.45. The van der Waals surface area contributed by atoms with E-state index >= 15 is 0 Å². The van der Waals surface area contributed by atoms with Crippen LogP contribution in [-0.4, -0.2) is 92.7 Å². The van der Waals surface area contributed by atoms with Crippen molar-refractivity contribution in [2.24, 2.45) is 24.8 Å². The molecule has 0 aliphatic carbocycles. The van der Waals surface area contributed by atoms with Crippen LogP contribution in [0.4, 0.5) is 9.59 Å².